The summed E-state index contributed by atoms with van der Waals surface area (Å²) in [4.78, 5) is 17.0. The minimum absolute atomic E-state index is 0. The molecule has 0 amide bonds. The first-order valence-electron chi connectivity index (χ1n) is 0.612. The number of hydrogen-bond acceptors (Lipinski definition) is 3. The van der Waals surface area contributed by atoms with E-state index in [1.807, 2.05) is 0 Å². The zero-order chi connectivity index (χ0) is 3.58. The molecule has 0 rings (SSSR count). The molecule has 0 aliphatic heterocycles. The van der Waals surface area contributed by atoms with Gasteiger partial charge in [-0.25, -0.2) is 0 Å². The molecular formula is H2BaO3SiSr. The normalized spacial score (nSPS) is 4.00. The van der Waals surface area contributed by atoms with E-state index in [-0.39, 0.29) is 94.4 Å². The average molecular weight is 303 g/mol. The fraction of sp³-hybridized carbons (Fsp3) is 0. The quantitative estimate of drug-likeness (QED) is 0.427. The summed E-state index contributed by atoms with van der Waals surface area (Å²) in [5.41, 5.74) is 0. The summed E-state index contributed by atoms with van der Waals surface area (Å²) in [5, 5.41) is 0. The van der Waals surface area contributed by atoms with Gasteiger partial charge in [0.1, 0.15) is 0 Å². The molecule has 6 heavy (non-hydrogen) atoms. The fourth-order valence-electron chi connectivity index (χ4n) is 0. The van der Waals surface area contributed by atoms with Crippen LogP contribution in [0.3, 0.4) is 0 Å². The Morgan fingerprint density at radius 3 is 1.33 bits per heavy atom. The van der Waals surface area contributed by atoms with Gasteiger partial charge in [0, 0.05) is 9.17 Å². The van der Waals surface area contributed by atoms with Gasteiger partial charge in [-0.1, -0.05) is 0 Å². The van der Waals surface area contributed by atoms with Crippen molar-refractivity contribution in [1.82, 2.24) is 0 Å². The summed E-state index contributed by atoms with van der Waals surface area (Å²) in [6.45, 7) is 0. The monoisotopic (exact) mass is 304 g/mol. The van der Waals surface area contributed by atoms with Gasteiger partial charge in [0.15, 0.2) is 0 Å². The molecule has 0 spiro atoms. The van der Waals surface area contributed by atoms with Crippen molar-refractivity contribution >= 4 is 104 Å². The van der Waals surface area contributed by atoms with Crippen molar-refractivity contribution in [2.75, 3.05) is 0 Å². The van der Waals surface area contributed by atoms with Crippen LogP contribution in [0.1, 0.15) is 0 Å². The van der Waals surface area contributed by atoms with E-state index in [2.05, 4.69) is 0 Å². The van der Waals surface area contributed by atoms with Crippen LogP contribution in [0, 0.1) is 0 Å². The van der Waals surface area contributed by atoms with Gasteiger partial charge in [0.05, 0.1) is 0 Å². The summed E-state index contributed by atoms with van der Waals surface area (Å²) < 4.78 is 8.52. The Balaban J connectivity index is -0.0000000450. The Morgan fingerprint density at radius 1 is 1.33 bits per heavy atom. The molecule has 0 heterocycles. The Kier molecular flexibility index (Phi) is 28.1. The molecule has 0 fully saturated rings. The molecule has 0 N–H and O–H groups in total. The van der Waals surface area contributed by atoms with E-state index in [4.69, 9.17) is 14.1 Å². The molecule has 0 saturated carbocycles. The van der Waals surface area contributed by atoms with E-state index in [9.17, 15) is 0 Å². The van der Waals surface area contributed by atoms with Gasteiger partial charge >= 0.3 is 94.4 Å². The molecule has 6 heteroatoms. The molecule has 0 radical (unpaired) electrons. The van der Waals surface area contributed by atoms with E-state index >= 15 is 0 Å². The van der Waals surface area contributed by atoms with Crippen LogP contribution in [0.2, 0.25) is 0 Å². The summed E-state index contributed by atoms with van der Waals surface area (Å²) >= 11 is 0. The Labute approximate surface area is 114 Å². The first kappa shape index (κ1) is 15.9. The van der Waals surface area contributed by atoms with Crippen LogP contribution >= 0.6 is 0 Å². The van der Waals surface area contributed by atoms with Gasteiger partial charge in [0.25, 0.3) is 0 Å². The number of rotatable bonds is 0. The maximum atomic E-state index is 8.52. The maximum absolute atomic E-state index is 8.52. The molecule has 0 aromatic heterocycles. The van der Waals surface area contributed by atoms with Gasteiger partial charge in [-0.05, 0) is 0 Å². The predicted molar refractivity (Wildman–Crippen MR) is 20.7 cm³/mol. The average Bonchev–Trinajstić information content (AvgIpc) is 0.811. The molecule has 0 unspecified atom stereocenters. The Morgan fingerprint density at radius 2 is 1.33 bits per heavy atom. The molecule has 0 atom stereocenters. The summed E-state index contributed by atoms with van der Waals surface area (Å²) in [6, 6.07) is 0. The SMILES string of the molecule is O=[Si]([O-])[O-].[Ba+2].[SrH2]. The molecular weight excluding hydrogens is 301 g/mol. The van der Waals surface area contributed by atoms with E-state index < -0.39 is 9.17 Å². The third-order valence-corrected chi connectivity index (χ3v) is 0. The van der Waals surface area contributed by atoms with Crippen molar-refractivity contribution in [3.63, 3.8) is 0 Å². The van der Waals surface area contributed by atoms with Crippen LogP contribution in [0.25, 0.3) is 0 Å². The summed E-state index contributed by atoms with van der Waals surface area (Å²) in [7, 11) is -3.63. The Bertz CT molecular complexity index is 33.8. The van der Waals surface area contributed by atoms with Crippen LogP contribution in [-0.4, -0.2) is 104 Å². The standard InChI is InChI=1S/Ba.O3Si.Sr.2H/c;1-4(2)3;;;/q+2;-2;;;. The van der Waals surface area contributed by atoms with Crippen LogP contribution < -0.4 is 9.59 Å². The zero-order valence-electron chi connectivity index (χ0n) is 2.43. The van der Waals surface area contributed by atoms with Crippen LogP contribution in [0.5, 0.6) is 0 Å². The van der Waals surface area contributed by atoms with Gasteiger partial charge in [0.2, 0.25) is 0 Å². The van der Waals surface area contributed by atoms with Crippen molar-refractivity contribution in [1.29, 1.82) is 0 Å². The zero-order valence-corrected chi connectivity index (χ0v) is 7.87. The second-order valence-electron chi connectivity index (χ2n) is 0.250. The van der Waals surface area contributed by atoms with Crippen LogP contribution in [0.4, 0.5) is 0 Å². The third-order valence-electron chi connectivity index (χ3n) is 0. The molecule has 0 saturated heterocycles. The summed E-state index contributed by atoms with van der Waals surface area (Å²) in [5.74, 6) is 0. The van der Waals surface area contributed by atoms with E-state index in [0.29, 0.717) is 0 Å². The van der Waals surface area contributed by atoms with Gasteiger partial charge in [-0.15, -0.1) is 0 Å². The van der Waals surface area contributed by atoms with Gasteiger partial charge in [-0.3, -0.25) is 0 Å². The second-order valence-corrected chi connectivity index (χ2v) is 0.750. The third kappa shape index (κ3) is 30.1. The second kappa shape index (κ2) is 10.6. The van der Waals surface area contributed by atoms with Crippen molar-refractivity contribution in [3.05, 3.63) is 0 Å². The van der Waals surface area contributed by atoms with Crippen molar-refractivity contribution in [3.8, 4) is 0 Å². The Hall–Kier alpha value is 2.67. The van der Waals surface area contributed by atoms with Crippen molar-refractivity contribution in [2.45, 2.75) is 0 Å². The predicted octanol–water partition coefficient (Wildman–Crippen LogP) is -4.17. The van der Waals surface area contributed by atoms with E-state index in [1.165, 1.54) is 0 Å². The molecule has 0 aliphatic rings. The minimum atomic E-state index is -3.63. The first-order chi connectivity index (χ1) is 1.73. The van der Waals surface area contributed by atoms with Crippen LogP contribution in [0.15, 0.2) is 0 Å². The van der Waals surface area contributed by atoms with Crippen molar-refractivity contribution < 1.29 is 14.1 Å². The molecule has 0 bridgehead atoms. The van der Waals surface area contributed by atoms with E-state index in [1.54, 1.807) is 0 Å². The topological polar surface area (TPSA) is 63.2 Å². The van der Waals surface area contributed by atoms with Gasteiger partial charge in [-0.2, -0.15) is 0 Å². The molecule has 3 nitrogen and oxygen atoms in total. The fourth-order valence-corrected chi connectivity index (χ4v) is 0. The first-order valence-corrected chi connectivity index (χ1v) is 1.84. The van der Waals surface area contributed by atoms with Crippen LogP contribution in [-0.2, 0) is 4.46 Å². The molecule has 0 aromatic carbocycles. The van der Waals surface area contributed by atoms with Crippen molar-refractivity contribution in [2.24, 2.45) is 0 Å². The molecule has 0 aromatic rings. The number of hydrogen-bond donors (Lipinski definition) is 0. The molecule has 28 valence electrons. The molecule has 0 aliphatic carbocycles. The van der Waals surface area contributed by atoms with Gasteiger partial charge < -0.3 is 14.1 Å². The van der Waals surface area contributed by atoms with E-state index in [0.717, 1.165) is 0 Å². The summed E-state index contributed by atoms with van der Waals surface area (Å²) in [6.07, 6.45) is 0.